The van der Waals surface area contributed by atoms with E-state index in [-0.39, 0.29) is 7.92 Å². The van der Waals surface area contributed by atoms with Crippen molar-refractivity contribution in [1.82, 2.24) is 0 Å². The standard InChI is InChI=1S/C12H15P/c1-2-11-7-3-4-8-12(11)13-9-5-6-10-13/h3-8H,2,9-10H2,1H3. The lowest BCUT2D eigenvalue weighted by Crippen LogP contribution is -2.08. The molecule has 0 atom stereocenters. The summed E-state index contributed by atoms with van der Waals surface area (Å²) in [7, 11) is 0.122. The summed E-state index contributed by atoms with van der Waals surface area (Å²) in [5.74, 6) is 0. The van der Waals surface area contributed by atoms with Crippen molar-refractivity contribution >= 4 is 13.2 Å². The van der Waals surface area contributed by atoms with Gasteiger partial charge in [-0.3, -0.25) is 0 Å². The van der Waals surface area contributed by atoms with E-state index in [1.165, 1.54) is 18.7 Å². The van der Waals surface area contributed by atoms with Gasteiger partial charge >= 0.3 is 0 Å². The molecular weight excluding hydrogens is 175 g/mol. The highest BCUT2D eigenvalue weighted by molar-refractivity contribution is 7.66. The first-order valence-corrected chi connectivity index (χ1v) is 6.61. The third-order valence-corrected chi connectivity index (χ3v) is 4.95. The zero-order valence-electron chi connectivity index (χ0n) is 8.03. The Morgan fingerprint density at radius 3 is 2.54 bits per heavy atom. The van der Waals surface area contributed by atoms with Crippen LogP contribution in [0.2, 0.25) is 0 Å². The summed E-state index contributed by atoms with van der Waals surface area (Å²) in [6, 6.07) is 8.92. The van der Waals surface area contributed by atoms with Gasteiger partial charge in [0.2, 0.25) is 0 Å². The molecule has 13 heavy (non-hydrogen) atoms. The first-order valence-electron chi connectivity index (χ1n) is 4.89. The lowest BCUT2D eigenvalue weighted by molar-refractivity contribution is 1.15. The van der Waals surface area contributed by atoms with Gasteiger partial charge in [0.05, 0.1) is 0 Å². The van der Waals surface area contributed by atoms with E-state index in [4.69, 9.17) is 0 Å². The van der Waals surface area contributed by atoms with Crippen molar-refractivity contribution in [1.29, 1.82) is 0 Å². The molecule has 1 aromatic carbocycles. The van der Waals surface area contributed by atoms with Gasteiger partial charge in [-0.25, -0.2) is 0 Å². The van der Waals surface area contributed by atoms with E-state index in [0.29, 0.717) is 0 Å². The van der Waals surface area contributed by atoms with Crippen LogP contribution in [-0.2, 0) is 6.42 Å². The van der Waals surface area contributed by atoms with E-state index in [1.54, 1.807) is 10.9 Å². The van der Waals surface area contributed by atoms with Crippen LogP contribution < -0.4 is 5.30 Å². The summed E-state index contributed by atoms with van der Waals surface area (Å²) < 4.78 is 0. The maximum absolute atomic E-state index is 2.33. The minimum Gasteiger partial charge on any atom is -0.0835 e. The maximum Gasteiger partial charge on any atom is -0.0101 e. The molecule has 0 fully saturated rings. The summed E-state index contributed by atoms with van der Waals surface area (Å²) in [4.78, 5) is 0. The molecule has 1 aliphatic rings. The van der Waals surface area contributed by atoms with Crippen LogP contribution >= 0.6 is 7.92 Å². The van der Waals surface area contributed by atoms with Crippen LogP contribution in [0.4, 0.5) is 0 Å². The van der Waals surface area contributed by atoms with Crippen LogP contribution in [0.5, 0.6) is 0 Å². The largest absolute Gasteiger partial charge is 0.0835 e. The lowest BCUT2D eigenvalue weighted by atomic mass is 10.2. The predicted molar refractivity (Wildman–Crippen MR) is 61.2 cm³/mol. The van der Waals surface area contributed by atoms with Gasteiger partial charge in [-0.15, -0.1) is 0 Å². The third-order valence-electron chi connectivity index (χ3n) is 2.53. The fraction of sp³-hybridized carbons (Fsp3) is 0.333. The van der Waals surface area contributed by atoms with Crippen LogP contribution in [0.15, 0.2) is 36.4 Å². The fourth-order valence-electron chi connectivity index (χ4n) is 1.79. The van der Waals surface area contributed by atoms with Gasteiger partial charge in [0.25, 0.3) is 0 Å². The van der Waals surface area contributed by atoms with Gasteiger partial charge in [0.15, 0.2) is 0 Å². The maximum atomic E-state index is 2.33. The lowest BCUT2D eigenvalue weighted by Gasteiger charge is -2.14. The Labute approximate surface area is 81.4 Å². The highest BCUT2D eigenvalue weighted by Crippen LogP contribution is 2.39. The number of hydrogen-bond donors (Lipinski definition) is 0. The highest BCUT2D eigenvalue weighted by atomic mass is 31.1. The molecule has 0 radical (unpaired) electrons. The Morgan fingerprint density at radius 1 is 1.15 bits per heavy atom. The number of benzene rings is 1. The molecule has 2 rings (SSSR count). The summed E-state index contributed by atoms with van der Waals surface area (Å²) in [5.41, 5.74) is 1.55. The quantitative estimate of drug-likeness (QED) is 0.497. The summed E-state index contributed by atoms with van der Waals surface area (Å²) in [6.07, 6.45) is 8.43. The zero-order chi connectivity index (χ0) is 9.10. The van der Waals surface area contributed by atoms with Crippen molar-refractivity contribution in [3.63, 3.8) is 0 Å². The van der Waals surface area contributed by atoms with E-state index >= 15 is 0 Å². The predicted octanol–water partition coefficient (Wildman–Crippen LogP) is 2.93. The van der Waals surface area contributed by atoms with Crippen LogP contribution in [-0.4, -0.2) is 12.3 Å². The van der Waals surface area contributed by atoms with Crippen molar-refractivity contribution in [3.05, 3.63) is 42.0 Å². The molecule has 1 aliphatic heterocycles. The van der Waals surface area contributed by atoms with Crippen LogP contribution in [0.25, 0.3) is 0 Å². The molecule has 0 nitrogen and oxygen atoms in total. The molecule has 0 aromatic heterocycles. The van der Waals surface area contributed by atoms with Gasteiger partial charge in [0.1, 0.15) is 0 Å². The minimum atomic E-state index is 0.122. The molecule has 0 amide bonds. The third kappa shape index (κ3) is 1.84. The molecule has 68 valence electrons. The van der Waals surface area contributed by atoms with Crippen LogP contribution in [0.1, 0.15) is 12.5 Å². The Bertz CT molecular complexity index is 307. The summed E-state index contributed by atoms with van der Waals surface area (Å²) in [5, 5.41) is 1.63. The van der Waals surface area contributed by atoms with Crippen molar-refractivity contribution in [2.24, 2.45) is 0 Å². The van der Waals surface area contributed by atoms with Gasteiger partial charge in [-0.2, -0.15) is 0 Å². The van der Waals surface area contributed by atoms with E-state index in [0.717, 1.165) is 0 Å². The topological polar surface area (TPSA) is 0 Å². The molecular formula is C12H15P. The Morgan fingerprint density at radius 2 is 1.85 bits per heavy atom. The molecule has 0 saturated carbocycles. The molecule has 0 N–H and O–H groups in total. The minimum absolute atomic E-state index is 0.122. The van der Waals surface area contributed by atoms with E-state index < -0.39 is 0 Å². The van der Waals surface area contributed by atoms with Crippen LogP contribution in [0, 0.1) is 0 Å². The molecule has 0 bridgehead atoms. The normalized spacial score (nSPS) is 16.7. The van der Waals surface area contributed by atoms with E-state index in [2.05, 4.69) is 43.3 Å². The number of hydrogen-bond acceptors (Lipinski definition) is 0. The summed E-state index contributed by atoms with van der Waals surface area (Å²) in [6.45, 7) is 2.25. The average Bonchev–Trinajstić information content (AvgIpc) is 2.70. The zero-order valence-corrected chi connectivity index (χ0v) is 8.93. The van der Waals surface area contributed by atoms with Crippen molar-refractivity contribution < 1.29 is 0 Å². The van der Waals surface area contributed by atoms with Crippen LogP contribution in [0.3, 0.4) is 0 Å². The second kappa shape index (κ2) is 4.07. The average molecular weight is 190 g/mol. The Hall–Kier alpha value is -0.610. The fourth-order valence-corrected chi connectivity index (χ4v) is 4.08. The SMILES string of the molecule is CCc1ccccc1P1CC=CC1. The Balaban J connectivity index is 2.27. The van der Waals surface area contributed by atoms with Gasteiger partial charge in [0, 0.05) is 0 Å². The Kier molecular flexibility index (Phi) is 2.80. The van der Waals surface area contributed by atoms with Gasteiger partial charge in [-0.1, -0.05) is 51.3 Å². The smallest absolute Gasteiger partial charge is 0.0101 e. The van der Waals surface area contributed by atoms with Crippen molar-refractivity contribution in [2.75, 3.05) is 12.3 Å². The second-order valence-corrected chi connectivity index (χ2v) is 5.65. The number of aryl methyl sites for hydroxylation is 1. The van der Waals surface area contributed by atoms with E-state index in [9.17, 15) is 0 Å². The number of rotatable bonds is 2. The monoisotopic (exact) mass is 190 g/mol. The first kappa shape index (κ1) is 8.97. The molecule has 0 saturated heterocycles. The molecule has 0 unspecified atom stereocenters. The first-order chi connectivity index (χ1) is 6.42. The molecule has 1 heterocycles. The van der Waals surface area contributed by atoms with Gasteiger partial charge in [-0.05, 0) is 29.6 Å². The highest BCUT2D eigenvalue weighted by Gasteiger charge is 2.13. The molecule has 1 heteroatoms. The van der Waals surface area contributed by atoms with Gasteiger partial charge < -0.3 is 0 Å². The summed E-state index contributed by atoms with van der Waals surface area (Å²) >= 11 is 0. The number of allylic oxidation sites excluding steroid dienone is 2. The molecule has 0 spiro atoms. The van der Waals surface area contributed by atoms with E-state index in [1.807, 2.05) is 0 Å². The molecule has 1 aromatic rings. The molecule has 0 aliphatic carbocycles. The van der Waals surface area contributed by atoms with Crippen molar-refractivity contribution in [2.45, 2.75) is 13.3 Å². The second-order valence-electron chi connectivity index (χ2n) is 3.36. The van der Waals surface area contributed by atoms with Crippen molar-refractivity contribution in [3.8, 4) is 0 Å².